The van der Waals surface area contributed by atoms with E-state index in [1.165, 1.54) is 5.56 Å². The van der Waals surface area contributed by atoms with Crippen molar-refractivity contribution in [2.24, 2.45) is 5.92 Å². The van der Waals surface area contributed by atoms with Crippen molar-refractivity contribution in [3.05, 3.63) is 23.8 Å². The van der Waals surface area contributed by atoms with Crippen LogP contribution in [0.2, 0.25) is 0 Å². The number of aliphatic hydroxyl groups excluding tert-OH is 1. The number of aliphatic hydroxyl groups is 1. The predicted molar refractivity (Wildman–Crippen MR) is 81.8 cm³/mol. The van der Waals surface area contributed by atoms with Gasteiger partial charge in [0.1, 0.15) is 0 Å². The highest BCUT2D eigenvalue weighted by Crippen LogP contribution is 2.32. The first-order valence-electron chi connectivity index (χ1n) is 8.05. The van der Waals surface area contributed by atoms with Crippen molar-refractivity contribution in [1.82, 2.24) is 5.32 Å². The Morgan fingerprint density at radius 2 is 2.00 bits per heavy atom. The summed E-state index contributed by atoms with van der Waals surface area (Å²) in [5.74, 6) is 2.09. The smallest absolute Gasteiger partial charge is 0.161 e. The quantitative estimate of drug-likeness (QED) is 0.895. The van der Waals surface area contributed by atoms with Crippen LogP contribution in [0.1, 0.15) is 44.2 Å². The lowest BCUT2D eigenvalue weighted by molar-refractivity contribution is 0.130. The van der Waals surface area contributed by atoms with Gasteiger partial charge in [-0.15, -0.1) is 0 Å². The Kier molecular flexibility index (Phi) is 4.66. The topological polar surface area (TPSA) is 50.7 Å². The Morgan fingerprint density at radius 3 is 2.76 bits per heavy atom. The van der Waals surface area contributed by atoms with Gasteiger partial charge in [-0.2, -0.15) is 0 Å². The molecule has 116 valence electrons. The lowest BCUT2D eigenvalue weighted by Gasteiger charge is -2.20. The summed E-state index contributed by atoms with van der Waals surface area (Å²) in [5, 5.41) is 13.4. The van der Waals surface area contributed by atoms with E-state index in [1.54, 1.807) is 0 Å². The molecule has 1 aliphatic heterocycles. The minimum atomic E-state index is -0.131. The zero-order chi connectivity index (χ0) is 14.7. The van der Waals surface area contributed by atoms with Gasteiger partial charge < -0.3 is 19.9 Å². The molecule has 0 aromatic heterocycles. The monoisotopic (exact) mass is 291 g/mol. The third kappa shape index (κ3) is 3.50. The van der Waals surface area contributed by atoms with Gasteiger partial charge in [0.25, 0.3) is 0 Å². The first-order valence-corrected chi connectivity index (χ1v) is 8.05. The molecule has 1 aromatic rings. The zero-order valence-electron chi connectivity index (χ0n) is 12.7. The van der Waals surface area contributed by atoms with Gasteiger partial charge in [0.2, 0.25) is 0 Å². The van der Waals surface area contributed by atoms with E-state index in [4.69, 9.17) is 9.47 Å². The molecule has 0 spiro atoms. The first kappa shape index (κ1) is 14.7. The number of benzene rings is 1. The van der Waals surface area contributed by atoms with Gasteiger partial charge in [-0.1, -0.05) is 12.5 Å². The maximum Gasteiger partial charge on any atom is 0.161 e. The van der Waals surface area contributed by atoms with Gasteiger partial charge in [-0.05, 0) is 43.4 Å². The Hall–Kier alpha value is -1.26. The molecule has 1 aromatic carbocycles. The molecule has 0 saturated heterocycles. The molecule has 1 fully saturated rings. The summed E-state index contributed by atoms with van der Waals surface area (Å²) in [7, 11) is 0. The summed E-state index contributed by atoms with van der Waals surface area (Å²) in [5.41, 5.74) is 1.20. The first-order chi connectivity index (χ1) is 10.2. The molecule has 2 N–H and O–H groups in total. The van der Waals surface area contributed by atoms with Gasteiger partial charge in [0, 0.05) is 19.0 Å². The molecule has 1 aliphatic carbocycles. The fraction of sp³-hybridized carbons (Fsp3) is 0.647. The highest BCUT2D eigenvalue weighted by atomic mass is 16.5. The summed E-state index contributed by atoms with van der Waals surface area (Å²) in [6.45, 7) is 4.46. The summed E-state index contributed by atoms with van der Waals surface area (Å²) in [4.78, 5) is 0. The van der Waals surface area contributed by atoms with Crippen LogP contribution >= 0.6 is 0 Å². The van der Waals surface area contributed by atoms with E-state index in [1.807, 2.05) is 6.07 Å². The minimum absolute atomic E-state index is 0.131. The van der Waals surface area contributed by atoms with Crippen LogP contribution in [0.5, 0.6) is 11.5 Å². The van der Waals surface area contributed by atoms with E-state index >= 15 is 0 Å². The molecular weight excluding hydrogens is 266 g/mol. The number of hydrogen-bond donors (Lipinski definition) is 2. The summed E-state index contributed by atoms with van der Waals surface area (Å²) >= 11 is 0. The molecule has 1 heterocycles. The summed E-state index contributed by atoms with van der Waals surface area (Å²) < 4.78 is 11.4. The van der Waals surface area contributed by atoms with Crippen molar-refractivity contribution in [3.63, 3.8) is 0 Å². The van der Waals surface area contributed by atoms with Gasteiger partial charge in [-0.3, -0.25) is 0 Å². The largest absolute Gasteiger partial charge is 0.490 e. The van der Waals surface area contributed by atoms with Crippen LogP contribution in [0.4, 0.5) is 0 Å². The van der Waals surface area contributed by atoms with Crippen molar-refractivity contribution >= 4 is 0 Å². The van der Waals surface area contributed by atoms with Crippen LogP contribution in [0.3, 0.4) is 0 Å². The zero-order valence-corrected chi connectivity index (χ0v) is 12.7. The maximum absolute atomic E-state index is 9.89. The van der Waals surface area contributed by atoms with E-state index in [0.29, 0.717) is 12.5 Å². The Labute approximate surface area is 126 Å². The van der Waals surface area contributed by atoms with Gasteiger partial charge in [-0.25, -0.2) is 0 Å². The molecule has 3 atom stereocenters. The normalized spacial score (nSPS) is 26.4. The number of ether oxygens (including phenoxy) is 2. The maximum atomic E-state index is 9.89. The van der Waals surface area contributed by atoms with Crippen LogP contribution < -0.4 is 14.8 Å². The number of nitrogens with one attached hydrogen (secondary N) is 1. The lowest BCUT2D eigenvalue weighted by Crippen LogP contribution is -2.29. The fourth-order valence-corrected chi connectivity index (χ4v) is 3.15. The second kappa shape index (κ2) is 6.67. The molecular formula is C17H25NO3. The van der Waals surface area contributed by atoms with Crippen molar-refractivity contribution in [3.8, 4) is 11.5 Å². The molecule has 1 saturated carbocycles. The Balaban J connectivity index is 1.61. The van der Waals surface area contributed by atoms with Crippen LogP contribution in [0.25, 0.3) is 0 Å². The lowest BCUT2D eigenvalue weighted by atomic mass is 10.0. The number of rotatable bonds is 4. The summed E-state index contributed by atoms with van der Waals surface area (Å²) in [6.07, 6.45) is 4.02. The molecule has 3 rings (SSSR count). The number of hydrogen-bond acceptors (Lipinski definition) is 4. The molecule has 0 amide bonds. The van der Waals surface area contributed by atoms with Gasteiger partial charge >= 0.3 is 0 Å². The van der Waals surface area contributed by atoms with E-state index in [2.05, 4.69) is 24.4 Å². The molecule has 0 radical (unpaired) electrons. The molecule has 4 nitrogen and oxygen atoms in total. The van der Waals surface area contributed by atoms with Crippen LogP contribution in [-0.2, 0) is 0 Å². The third-order valence-corrected chi connectivity index (χ3v) is 4.58. The van der Waals surface area contributed by atoms with Crippen LogP contribution in [-0.4, -0.2) is 31.0 Å². The standard InChI is InChI=1S/C17H25NO3/c1-12(18-11-14-4-2-5-15(14)19)13-6-7-16-17(10-13)21-9-3-8-20-16/h6-7,10,12,14-15,18-19H,2-5,8-9,11H2,1H3. The molecule has 2 aliphatic rings. The molecule has 21 heavy (non-hydrogen) atoms. The number of fused-ring (bicyclic) bond motifs is 1. The van der Waals surface area contributed by atoms with Gasteiger partial charge in [0.05, 0.1) is 19.3 Å². The fourth-order valence-electron chi connectivity index (χ4n) is 3.15. The van der Waals surface area contributed by atoms with Crippen molar-refractivity contribution in [1.29, 1.82) is 0 Å². The Morgan fingerprint density at radius 1 is 1.19 bits per heavy atom. The predicted octanol–water partition coefficient (Wildman–Crippen LogP) is 2.66. The van der Waals surface area contributed by atoms with E-state index in [0.717, 1.165) is 50.3 Å². The minimum Gasteiger partial charge on any atom is -0.490 e. The highest BCUT2D eigenvalue weighted by molar-refractivity contribution is 5.44. The highest BCUT2D eigenvalue weighted by Gasteiger charge is 2.25. The summed E-state index contributed by atoms with van der Waals surface area (Å²) in [6, 6.07) is 6.41. The van der Waals surface area contributed by atoms with Crippen molar-refractivity contribution in [2.45, 2.75) is 44.8 Å². The Bertz CT molecular complexity index is 477. The van der Waals surface area contributed by atoms with Crippen LogP contribution in [0.15, 0.2) is 18.2 Å². The average molecular weight is 291 g/mol. The second-order valence-corrected chi connectivity index (χ2v) is 6.14. The third-order valence-electron chi connectivity index (χ3n) is 4.58. The average Bonchev–Trinajstić information content (AvgIpc) is 2.76. The van der Waals surface area contributed by atoms with Gasteiger partial charge in [0.15, 0.2) is 11.5 Å². The molecule has 0 bridgehead atoms. The molecule has 4 heteroatoms. The second-order valence-electron chi connectivity index (χ2n) is 6.14. The van der Waals surface area contributed by atoms with Crippen molar-refractivity contribution < 1.29 is 14.6 Å². The van der Waals surface area contributed by atoms with Crippen molar-refractivity contribution in [2.75, 3.05) is 19.8 Å². The molecule has 3 unspecified atom stereocenters. The van der Waals surface area contributed by atoms with E-state index in [9.17, 15) is 5.11 Å². The van der Waals surface area contributed by atoms with E-state index in [-0.39, 0.29) is 12.1 Å². The van der Waals surface area contributed by atoms with Crippen LogP contribution in [0, 0.1) is 5.92 Å². The van der Waals surface area contributed by atoms with E-state index < -0.39 is 0 Å². The SMILES string of the molecule is CC(NCC1CCCC1O)c1ccc2c(c1)OCCCO2.